The van der Waals surface area contributed by atoms with Crippen molar-refractivity contribution in [2.24, 2.45) is 0 Å². The lowest BCUT2D eigenvalue weighted by molar-refractivity contribution is -0.127. The number of hydrogen-bond acceptors (Lipinski definition) is 2. The van der Waals surface area contributed by atoms with Gasteiger partial charge in [-0.05, 0) is 44.4 Å². The van der Waals surface area contributed by atoms with Crippen LogP contribution in [0.25, 0.3) is 0 Å². The molecule has 0 fully saturated rings. The summed E-state index contributed by atoms with van der Waals surface area (Å²) in [6, 6.07) is 0. The first-order valence-electron chi connectivity index (χ1n) is 4.82. The molecule has 2 aliphatic rings. The maximum absolute atomic E-state index is 5.80. The molecule has 0 bridgehead atoms. The standard InChI is InChI=1S/C11H16O2/c1-9-4-3-6-11(8-9)7-5-10(12-2)13-11/h5,7-8,10H,3-4,6H2,1-2H3. The predicted octanol–water partition coefficient (Wildman–Crippen LogP) is 2.41. The van der Waals surface area contributed by atoms with Crippen LogP contribution in [0.15, 0.2) is 23.8 Å². The number of ether oxygens (including phenoxy) is 2. The van der Waals surface area contributed by atoms with Gasteiger partial charge in [-0.2, -0.15) is 0 Å². The van der Waals surface area contributed by atoms with E-state index in [1.165, 1.54) is 18.4 Å². The highest BCUT2D eigenvalue weighted by molar-refractivity contribution is 5.25. The first kappa shape index (κ1) is 8.97. The molecule has 1 aliphatic carbocycles. The van der Waals surface area contributed by atoms with Gasteiger partial charge in [0, 0.05) is 7.11 Å². The SMILES string of the molecule is COC1C=CC2(C=C(C)CCC2)O1. The fraction of sp³-hybridized carbons (Fsp3) is 0.636. The van der Waals surface area contributed by atoms with Crippen molar-refractivity contribution in [1.29, 1.82) is 0 Å². The molecule has 1 spiro atoms. The molecule has 2 heteroatoms. The van der Waals surface area contributed by atoms with Crippen LogP contribution in [0.2, 0.25) is 0 Å². The molecule has 1 aliphatic heterocycles. The summed E-state index contributed by atoms with van der Waals surface area (Å²) in [5, 5.41) is 0. The Labute approximate surface area is 79.2 Å². The van der Waals surface area contributed by atoms with Crippen molar-refractivity contribution in [3.8, 4) is 0 Å². The van der Waals surface area contributed by atoms with Crippen LogP contribution in [0, 0.1) is 0 Å². The average Bonchev–Trinajstić information content (AvgIpc) is 2.48. The van der Waals surface area contributed by atoms with Gasteiger partial charge in [0.2, 0.25) is 0 Å². The lowest BCUT2D eigenvalue weighted by atomic mass is 9.87. The minimum absolute atomic E-state index is 0.150. The molecule has 2 rings (SSSR count). The third-order valence-corrected chi connectivity index (χ3v) is 2.73. The molecule has 0 radical (unpaired) electrons. The summed E-state index contributed by atoms with van der Waals surface area (Å²) in [6.45, 7) is 2.16. The predicted molar refractivity (Wildman–Crippen MR) is 51.4 cm³/mol. The van der Waals surface area contributed by atoms with Crippen molar-refractivity contribution in [2.45, 2.75) is 38.1 Å². The largest absolute Gasteiger partial charge is 0.352 e. The number of rotatable bonds is 1. The smallest absolute Gasteiger partial charge is 0.178 e. The molecule has 2 atom stereocenters. The Morgan fingerprint density at radius 2 is 2.46 bits per heavy atom. The van der Waals surface area contributed by atoms with Crippen LogP contribution in [-0.2, 0) is 9.47 Å². The maximum Gasteiger partial charge on any atom is 0.178 e. The fourth-order valence-corrected chi connectivity index (χ4v) is 2.09. The fourth-order valence-electron chi connectivity index (χ4n) is 2.09. The Bertz CT molecular complexity index is 255. The summed E-state index contributed by atoms with van der Waals surface area (Å²) in [6.07, 6.45) is 9.70. The van der Waals surface area contributed by atoms with E-state index in [1.54, 1.807) is 7.11 Å². The van der Waals surface area contributed by atoms with Gasteiger partial charge in [0.25, 0.3) is 0 Å². The maximum atomic E-state index is 5.80. The second-order valence-corrected chi connectivity index (χ2v) is 3.88. The first-order chi connectivity index (χ1) is 6.24. The number of methoxy groups -OCH3 is 1. The second-order valence-electron chi connectivity index (χ2n) is 3.88. The van der Waals surface area contributed by atoms with Gasteiger partial charge in [0.15, 0.2) is 6.29 Å². The summed E-state index contributed by atoms with van der Waals surface area (Å²) in [5.74, 6) is 0. The van der Waals surface area contributed by atoms with Crippen LogP contribution in [0.4, 0.5) is 0 Å². The monoisotopic (exact) mass is 180 g/mol. The Hall–Kier alpha value is -0.600. The molecule has 0 saturated carbocycles. The minimum Gasteiger partial charge on any atom is -0.352 e. The van der Waals surface area contributed by atoms with E-state index in [9.17, 15) is 0 Å². The topological polar surface area (TPSA) is 18.5 Å². The van der Waals surface area contributed by atoms with Crippen LogP contribution in [0.5, 0.6) is 0 Å². The summed E-state index contributed by atoms with van der Waals surface area (Å²) in [5.41, 5.74) is 1.27. The summed E-state index contributed by atoms with van der Waals surface area (Å²) in [7, 11) is 1.67. The van der Waals surface area contributed by atoms with Crippen LogP contribution in [0.1, 0.15) is 26.2 Å². The van der Waals surface area contributed by atoms with Crippen molar-refractivity contribution in [3.05, 3.63) is 23.8 Å². The van der Waals surface area contributed by atoms with Crippen molar-refractivity contribution in [1.82, 2.24) is 0 Å². The molecule has 0 aromatic rings. The molecule has 0 saturated heterocycles. The van der Waals surface area contributed by atoms with Crippen LogP contribution in [0.3, 0.4) is 0 Å². The zero-order chi connectivity index (χ0) is 9.31. The summed E-state index contributed by atoms with van der Waals surface area (Å²) in [4.78, 5) is 0. The molecule has 0 aromatic carbocycles. The van der Waals surface area contributed by atoms with Gasteiger partial charge in [-0.3, -0.25) is 0 Å². The molecular formula is C11H16O2. The van der Waals surface area contributed by atoms with Crippen molar-refractivity contribution in [3.63, 3.8) is 0 Å². The van der Waals surface area contributed by atoms with Crippen molar-refractivity contribution in [2.75, 3.05) is 7.11 Å². The number of allylic oxidation sites excluding steroid dienone is 1. The van der Waals surface area contributed by atoms with E-state index in [4.69, 9.17) is 9.47 Å². The van der Waals surface area contributed by atoms with E-state index < -0.39 is 0 Å². The molecule has 0 aromatic heterocycles. The average molecular weight is 180 g/mol. The van der Waals surface area contributed by atoms with E-state index in [0.717, 1.165) is 6.42 Å². The number of hydrogen-bond donors (Lipinski definition) is 0. The quantitative estimate of drug-likeness (QED) is 0.577. The summed E-state index contributed by atoms with van der Waals surface area (Å²) < 4.78 is 10.9. The van der Waals surface area contributed by atoms with Crippen LogP contribution in [-0.4, -0.2) is 19.0 Å². The normalized spacial score (nSPS) is 38.3. The molecular weight excluding hydrogens is 164 g/mol. The third kappa shape index (κ3) is 1.69. The second kappa shape index (κ2) is 3.28. The molecule has 2 nitrogen and oxygen atoms in total. The Kier molecular flexibility index (Phi) is 2.26. The third-order valence-electron chi connectivity index (χ3n) is 2.73. The highest BCUT2D eigenvalue weighted by Crippen LogP contribution is 2.35. The van der Waals surface area contributed by atoms with Gasteiger partial charge in [-0.25, -0.2) is 0 Å². The van der Waals surface area contributed by atoms with E-state index >= 15 is 0 Å². The van der Waals surface area contributed by atoms with Gasteiger partial charge >= 0.3 is 0 Å². The highest BCUT2D eigenvalue weighted by Gasteiger charge is 2.34. The lowest BCUT2D eigenvalue weighted by Crippen LogP contribution is -2.30. The summed E-state index contributed by atoms with van der Waals surface area (Å²) >= 11 is 0. The molecule has 72 valence electrons. The molecule has 0 N–H and O–H groups in total. The van der Waals surface area contributed by atoms with E-state index in [0.29, 0.717) is 0 Å². The molecule has 2 unspecified atom stereocenters. The van der Waals surface area contributed by atoms with E-state index in [-0.39, 0.29) is 11.9 Å². The van der Waals surface area contributed by atoms with Crippen molar-refractivity contribution >= 4 is 0 Å². The van der Waals surface area contributed by atoms with Crippen molar-refractivity contribution < 1.29 is 9.47 Å². The molecule has 0 amide bonds. The van der Waals surface area contributed by atoms with Gasteiger partial charge in [0.05, 0.1) is 0 Å². The van der Waals surface area contributed by atoms with Crippen LogP contribution >= 0.6 is 0 Å². The minimum atomic E-state index is -0.151. The van der Waals surface area contributed by atoms with Gasteiger partial charge < -0.3 is 9.47 Å². The Balaban J connectivity index is 2.15. The van der Waals surface area contributed by atoms with E-state index in [2.05, 4.69) is 19.1 Å². The highest BCUT2D eigenvalue weighted by atomic mass is 16.7. The molecule has 13 heavy (non-hydrogen) atoms. The zero-order valence-corrected chi connectivity index (χ0v) is 8.25. The Morgan fingerprint density at radius 3 is 3.08 bits per heavy atom. The van der Waals surface area contributed by atoms with Gasteiger partial charge in [-0.1, -0.05) is 5.57 Å². The van der Waals surface area contributed by atoms with Gasteiger partial charge in [-0.15, -0.1) is 0 Å². The van der Waals surface area contributed by atoms with Crippen LogP contribution < -0.4 is 0 Å². The molecule has 1 heterocycles. The van der Waals surface area contributed by atoms with Gasteiger partial charge in [0.1, 0.15) is 5.60 Å². The lowest BCUT2D eigenvalue weighted by Gasteiger charge is -2.29. The Morgan fingerprint density at radius 1 is 1.62 bits per heavy atom. The first-order valence-corrected chi connectivity index (χ1v) is 4.82. The zero-order valence-electron chi connectivity index (χ0n) is 8.25. The van der Waals surface area contributed by atoms with E-state index in [1.807, 2.05) is 6.08 Å².